The zero-order valence-electron chi connectivity index (χ0n) is 6.45. The van der Waals surface area contributed by atoms with Crippen LogP contribution in [0.15, 0.2) is 12.2 Å². The van der Waals surface area contributed by atoms with Crippen LogP contribution in [-0.4, -0.2) is 17.3 Å². The Labute approximate surface area is 65.1 Å². The smallest absolute Gasteiger partial charge is 0.207 e. The minimum atomic E-state index is -0.377. The lowest BCUT2D eigenvalue weighted by Crippen LogP contribution is -1.98. The van der Waals surface area contributed by atoms with Gasteiger partial charge >= 0.3 is 0 Å². The predicted molar refractivity (Wildman–Crippen MR) is 40.9 cm³/mol. The van der Waals surface area contributed by atoms with E-state index in [1.807, 2.05) is 0 Å². The molecule has 0 aromatic carbocycles. The number of nitro groups is 1. The van der Waals surface area contributed by atoms with Gasteiger partial charge in [0.05, 0.1) is 0 Å². The topological polar surface area (TPSA) is 60.2 Å². The molecule has 0 amide bonds. The number of ketones is 1. The van der Waals surface area contributed by atoms with Gasteiger partial charge in [0.25, 0.3) is 0 Å². The van der Waals surface area contributed by atoms with Gasteiger partial charge in [-0.3, -0.25) is 14.9 Å². The van der Waals surface area contributed by atoms with Crippen LogP contribution in [0.4, 0.5) is 0 Å². The molecule has 0 saturated carbocycles. The summed E-state index contributed by atoms with van der Waals surface area (Å²) in [5, 5.41) is 9.80. The average molecular weight is 157 g/mol. The van der Waals surface area contributed by atoms with Crippen LogP contribution in [0.25, 0.3) is 0 Å². The van der Waals surface area contributed by atoms with Crippen LogP contribution in [0.3, 0.4) is 0 Å². The summed E-state index contributed by atoms with van der Waals surface area (Å²) in [5.74, 6) is 0.0716. The first-order valence-corrected chi connectivity index (χ1v) is 3.39. The molecular weight excluding hydrogens is 146 g/mol. The maximum atomic E-state index is 10.4. The highest BCUT2D eigenvalue weighted by Gasteiger charge is 1.91. The van der Waals surface area contributed by atoms with Crippen molar-refractivity contribution < 1.29 is 9.72 Å². The van der Waals surface area contributed by atoms with Gasteiger partial charge in [-0.25, -0.2) is 0 Å². The molecule has 0 aromatic rings. The fourth-order valence-corrected chi connectivity index (χ4v) is 0.547. The number of Topliss-reactive ketones (excluding diaryl/α,β-unsaturated/α-hetero) is 1. The van der Waals surface area contributed by atoms with Gasteiger partial charge in [-0.1, -0.05) is 12.2 Å². The van der Waals surface area contributed by atoms with Crippen LogP contribution < -0.4 is 0 Å². The third-order valence-electron chi connectivity index (χ3n) is 1.05. The van der Waals surface area contributed by atoms with E-state index >= 15 is 0 Å². The van der Waals surface area contributed by atoms with Crippen molar-refractivity contribution in [3.8, 4) is 0 Å². The number of nitrogens with zero attached hydrogens (tertiary/aromatic N) is 1. The molecule has 0 N–H and O–H groups in total. The number of carbonyl (C=O) groups is 1. The molecule has 62 valence electrons. The van der Waals surface area contributed by atoms with Crippen molar-refractivity contribution in [2.24, 2.45) is 0 Å². The van der Waals surface area contributed by atoms with Crippen LogP contribution in [0.5, 0.6) is 0 Å². The molecule has 0 radical (unpaired) electrons. The van der Waals surface area contributed by atoms with E-state index < -0.39 is 0 Å². The zero-order valence-corrected chi connectivity index (χ0v) is 6.45. The summed E-state index contributed by atoms with van der Waals surface area (Å²) in [4.78, 5) is 19.8. The van der Waals surface area contributed by atoms with E-state index in [0.717, 1.165) is 0 Å². The fourth-order valence-electron chi connectivity index (χ4n) is 0.547. The molecule has 0 fully saturated rings. The highest BCUT2D eigenvalue weighted by atomic mass is 16.6. The average Bonchev–Trinajstić information content (AvgIpc) is 1.85. The Morgan fingerprint density at radius 3 is 2.64 bits per heavy atom. The van der Waals surface area contributed by atoms with E-state index in [9.17, 15) is 14.9 Å². The molecule has 0 aliphatic heterocycles. The molecule has 4 heteroatoms. The molecule has 0 bridgehead atoms. The first kappa shape index (κ1) is 9.81. The van der Waals surface area contributed by atoms with Crippen LogP contribution in [0, 0.1) is 10.1 Å². The van der Waals surface area contributed by atoms with E-state index in [0.29, 0.717) is 12.8 Å². The molecule has 0 aromatic heterocycles. The van der Waals surface area contributed by atoms with Crippen molar-refractivity contribution in [2.75, 3.05) is 6.54 Å². The van der Waals surface area contributed by atoms with Gasteiger partial charge in [0.1, 0.15) is 5.78 Å². The molecule has 0 spiro atoms. The van der Waals surface area contributed by atoms with Crippen LogP contribution in [0.2, 0.25) is 0 Å². The van der Waals surface area contributed by atoms with Gasteiger partial charge in [-0.05, 0) is 6.92 Å². The maximum Gasteiger partial charge on any atom is 0.207 e. The van der Waals surface area contributed by atoms with E-state index in [-0.39, 0.29) is 17.3 Å². The van der Waals surface area contributed by atoms with Crippen molar-refractivity contribution in [1.29, 1.82) is 0 Å². The molecule has 0 saturated heterocycles. The summed E-state index contributed by atoms with van der Waals surface area (Å²) < 4.78 is 0. The van der Waals surface area contributed by atoms with Crippen molar-refractivity contribution in [1.82, 2.24) is 0 Å². The Hall–Kier alpha value is -1.19. The quantitative estimate of drug-likeness (QED) is 0.342. The number of hydrogen-bond donors (Lipinski definition) is 0. The predicted octanol–water partition coefficient (Wildman–Crippen LogP) is 1.19. The molecule has 0 atom stereocenters. The van der Waals surface area contributed by atoms with Crippen LogP contribution in [-0.2, 0) is 4.79 Å². The molecule has 0 rings (SSSR count). The second-order valence-electron chi connectivity index (χ2n) is 2.22. The van der Waals surface area contributed by atoms with E-state index in [4.69, 9.17) is 0 Å². The monoisotopic (exact) mass is 157 g/mol. The maximum absolute atomic E-state index is 10.4. The second kappa shape index (κ2) is 5.58. The molecule has 0 aliphatic carbocycles. The first-order chi connectivity index (χ1) is 5.13. The van der Waals surface area contributed by atoms with Gasteiger partial charge in [-0.15, -0.1) is 0 Å². The van der Waals surface area contributed by atoms with Gasteiger partial charge in [0.15, 0.2) is 0 Å². The molecule has 4 nitrogen and oxygen atoms in total. The standard InChI is InChI=1S/C7H11NO3/c1-7(9)5-3-2-4-6-8(10)11/h2-3H,4-6H2,1H3/b3-2+. The van der Waals surface area contributed by atoms with Crippen molar-refractivity contribution in [2.45, 2.75) is 19.8 Å². The first-order valence-electron chi connectivity index (χ1n) is 3.39. The van der Waals surface area contributed by atoms with Gasteiger partial charge < -0.3 is 0 Å². The Morgan fingerprint density at radius 2 is 2.18 bits per heavy atom. The number of carbonyl (C=O) groups excluding carboxylic acids is 1. The molecule has 0 heterocycles. The van der Waals surface area contributed by atoms with Crippen LogP contribution >= 0.6 is 0 Å². The van der Waals surface area contributed by atoms with E-state index in [1.54, 1.807) is 12.2 Å². The molecule has 0 aliphatic rings. The van der Waals surface area contributed by atoms with Gasteiger partial charge in [0, 0.05) is 17.8 Å². The highest BCUT2D eigenvalue weighted by molar-refractivity contribution is 5.76. The number of rotatable bonds is 5. The third-order valence-corrected chi connectivity index (χ3v) is 1.05. The minimum Gasteiger partial charge on any atom is -0.300 e. The summed E-state index contributed by atoms with van der Waals surface area (Å²) in [6.45, 7) is 1.42. The van der Waals surface area contributed by atoms with Gasteiger partial charge in [-0.2, -0.15) is 0 Å². The normalized spacial score (nSPS) is 10.3. The highest BCUT2D eigenvalue weighted by Crippen LogP contribution is 1.88. The Kier molecular flexibility index (Phi) is 4.98. The second-order valence-corrected chi connectivity index (χ2v) is 2.22. The lowest BCUT2D eigenvalue weighted by atomic mass is 10.3. The summed E-state index contributed by atoms with van der Waals surface area (Å²) in [7, 11) is 0. The molecular formula is C7H11NO3. The minimum absolute atomic E-state index is 0.0611. The Bertz CT molecular complexity index is 175. The Morgan fingerprint density at radius 1 is 1.55 bits per heavy atom. The van der Waals surface area contributed by atoms with E-state index in [1.165, 1.54) is 6.92 Å². The summed E-state index contributed by atoms with van der Waals surface area (Å²) in [6, 6.07) is 0. The largest absolute Gasteiger partial charge is 0.300 e. The van der Waals surface area contributed by atoms with Crippen molar-refractivity contribution >= 4 is 5.78 Å². The number of hydrogen-bond acceptors (Lipinski definition) is 3. The van der Waals surface area contributed by atoms with Crippen LogP contribution in [0.1, 0.15) is 19.8 Å². The summed E-state index contributed by atoms with van der Waals surface area (Å²) in [6.07, 6.45) is 4.09. The Balaban J connectivity index is 3.30. The third kappa shape index (κ3) is 8.81. The SMILES string of the molecule is CC(=O)C/C=C/CC[N+](=O)[O-]. The summed E-state index contributed by atoms with van der Waals surface area (Å²) >= 11 is 0. The lowest BCUT2D eigenvalue weighted by Gasteiger charge is -1.86. The molecule has 11 heavy (non-hydrogen) atoms. The zero-order chi connectivity index (χ0) is 8.69. The van der Waals surface area contributed by atoms with Crippen molar-refractivity contribution in [3.63, 3.8) is 0 Å². The number of allylic oxidation sites excluding steroid dienone is 1. The van der Waals surface area contributed by atoms with E-state index in [2.05, 4.69) is 0 Å². The van der Waals surface area contributed by atoms with Gasteiger partial charge in [0.2, 0.25) is 6.54 Å². The summed E-state index contributed by atoms with van der Waals surface area (Å²) in [5.41, 5.74) is 0. The fraction of sp³-hybridized carbons (Fsp3) is 0.571. The lowest BCUT2D eigenvalue weighted by molar-refractivity contribution is -0.478. The van der Waals surface area contributed by atoms with Crippen molar-refractivity contribution in [3.05, 3.63) is 22.3 Å². The molecule has 0 unspecified atom stereocenters.